The molecule has 1 aliphatic rings. The Labute approximate surface area is 201 Å². The molecule has 1 saturated carbocycles. The zero-order valence-corrected chi connectivity index (χ0v) is 20.0. The lowest BCUT2D eigenvalue weighted by Gasteiger charge is -2.51. The van der Waals surface area contributed by atoms with Gasteiger partial charge in [-0.2, -0.15) is 0 Å². The molecule has 35 heavy (non-hydrogen) atoms. The smallest absolute Gasteiger partial charge is 0.408 e. The van der Waals surface area contributed by atoms with Crippen molar-refractivity contribution < 1.29 is 29.3 Å². The van der Waals surface area contributed by atoms with E-state index in [1.54, 1.807) is 20.8 Å². The molecule has 190 valence electrons. The Hall–Kier alpha value is -3.47. The Morgan fingerprint density at radius 1 is 1.23 bits per heavy atom. The number of carbonyl (C=O) groups is 2. The normalized spacial score (nSPS) is 20.3. The predicted molar refractivity (Wildman–Crippen MR) is 124 cm³/mol. The van der Waals surface area contributed by atoms with Gasteiger partial charge in [0, 0.05) is 18.7 Å². The van der Waals surface area contributed by atoms with Crippen molar-refractivity contribution in [2.75, 3.05) is 6.61 Å². The zero-order chi connectivity index (χ0) is 26.0. The quantitative estimate of drug-likeness (QED) is 0.417. The Bertz CT molecular complexity index is 1130. The highest BCUT2D eigenvalue weighted by Gasteiger charge is 2.50. The summed E-state index contributed by atoms with van der Waals surface area (Å²) in [5.41, 5.74) is -3.08. The number of H-pyrrole nitrogens is 1. The summed E-state index contributed by atoms with van der Waals surface area (Å²) in [5, 5.41) is 32.6. The van der Waals surface area contributed by atoms with E-state index in [-0.39, 0.29) is 37.7 Å². The maximum Gasteiger partial charge on any atom is 0.408 e. The number of aromatic hydroxyl groups is 1. The van der Waals surface area contributed by atoms with Crippen LogP contribution in [0.1, 0.15) is 68.3 Å². The Morgan fingerprint density at radius 3 is 2.34 bits per heavy atom. The molecule has 11 heteroatoms. The number of nitrogens with one attached hydrogen (secondary N) is 2. The van der Waals surface area contributed by atoms with E-state index in [4.69, 9.17) is 0 Å². The molecule has 0 saturated heterocycles. The third-order valence-electron chi connectivity index (χ3n) is 6.40. The number of nitrogens with zero attached hydrogens (tertiary/aromatic N) is 2. The molecule has 0 radical (unpaired) electrons. The van der Waals surface area contributed by atoms with Gasteiger partial charge in [0.05, 0.1) is 0 Å². The number of amides is 2. The van der Waals surface area contributed by atoms with Crippen LogP contribution in [-0.2, 0) is 12.1 Å². The molecule has 2 aromatic rings. The average Bonchev–Trinajstić information content (AvgIpc) is 2.79. The van der Waals surface area contributed by atoms with Gasteiger partial charge in [0.25, 0.3) is 11.5 Å². The van der Waals surface area contributed by atoms with Crippen molar-refractivity contribution in [1.29, 1.82) is 0 Å². The first-order valence-corrected chi connectivity index (χ1v) is 11.4. The minimum Gasteiger partial charge on any atom is -0.501 e. The first kappa shape index (κ1) is 26.1. The molecule has 1 fully saturated rings. The topological polar surface area (TPSA) is 156 Å². The molecular weight excluding hydrogens is 459 g/mol. The highest BCUT2D eigenvalue weighted by molar-refractivity contribution is 5.94. The lowest BCUT2D eigenvalue weighted by atomic mass is 9.73. The van der Waals surface area contributed by atoms with E-state index in [9.17, 15) is 34.1 Å². The van der Waals surface area contributed by atoms with Crippen molar-refractivity contribution in [2.45, 2.75) is 64.1 Å². The summed E-state index contributed by atoms with van der Waals surface area (Å²) in [7, 11) is 0. The van der Waals surface area contributed by atoms with E-state index in [2.05, 4.69) is 15.3 Å². The van der Waals surface area contributed by atoms with Gasteiger partial charge in [-0.15, -0.1) is 0 Å². The first-order valence-electron chi connectivity index (χ1n) is 11.4. The van der Waals surface area contributed by atoms with Gasteiger partial charge in [-0.1, -0.05) is 12.1 Å². The summed E-state index contributed by atoms with van der Waals surface area (Å²) >= 11 is 0. The van der Waals surface area contributed by atoms with E-state index in [1.165, 1.54) is 29.2 Å². The van der Waals surface area contributed by atoms with Crippen molar-refractivity contribution in [3.63, 3.8) is 0 Å². The fraction of sp³-hybridized carbons (Fsp3) is 0.500. The van der Waals surface area contributed by atoms with Crippen LogP contribution < -0.4 is 10.9 Å². The molecule has 1 aromatic carbocycles. The number of aliphatic hydroxyl groups excluding tert-OH is 1. The second kappa shape index (κ2) is 10.0. The molecule has 1 heterocycles. The van der Waals surface area contributed by atoms with Gasteiger partial charge in [0.2, 0.25) is 5.75 Å². The van der Waals surface area contributed by atoms with Gasteiger partial charge >= 0.3 is 6.09 Å². The summed E-state index contributed by atoms with van der Waals surface area (Å²) in [6, 6.07) is 5.44. The Kier molecular flexibility index (Phi) is 7.49. The van der Waals surface area contributed by atoms with Gasteiger partial charge in [-0.3, -0.25) is 14.5 Å². The molecule has 0 bridgehead atoms. The Balaban J connectivity index is 2.04. The van der Waals surface area contributed by atoms with E-state index in [1.807, 2.05) is 0 Å². The molecule has 5 N–H and O–H groups in total. The highest BCUT2D eigenvalue weighted by atomic mass is 19.1. The van der Waals surface area contributed by atoms with E-state index >= 15 is 0 Å². The molecule has 1 aliphatic carbocycles. The first-order chi connectivity index (χ1) is 16.4. The van der Waals surface area contributed by atoms with Crippen LogP contribution in [0.25, 0.3) is 0 Å². The summed E-state index contributed by atoms with van der Waals surface area (Å²) in [6.07, 6.45) is 0.247. The maximum absolute atomic E-state index is 13.1. The third kappa shape index (κ3) is 5.45. The minimum absolute atomic E-state index is 0.00503. The minimum atomic E-state index is -1.28. The van der Waals surface area contributed by atoms with Crippen LogP contribution in [-0.4, -0.2) is 54.3 Å². The number of aromatic nitrogens is 2. The number of aromatic amines is 1. The SMILES string of the molecule is CC(C)(C)N(C(=O)O)C1(c2nc(C(=O)NCc3ccc(F)cc3)c(O)c(=O)[nH]2)CCC(CO)CC1. The van der Waals surface area contributed by atoms with Gasteiger partial charge in [-0.25, -0.2) is 14.2 Å². The van der Waals surface area contributed by atoms with Crippen molar-refractivity contribution in [2.24, 2.45) is 5.92 Å². The number of carboxylic acid groups (broad SMARTS) is 1. The largest absolute Gasteiger partial charge is 0.501 e. The number of hydrogen-bond acceptors (Lipinski definition) is 6. The standard InChI is InChI=1S/C24H31FN4O6/c1-23(2,3)29(22(34)35)24(10-8-15(13-30)9-11-24)21-27-17(18(31)20(33)28-21)19(32)26-12-14-4-6-16(25)7-5-14/h4-7,15,30-31H,8-13H2,1-3H3,(H,26,32)(H,34,35)(H,27,28,33). The lowest BCUT2D eigenvalue weighted by Crippen LogP contribution is -2.60. The number of benzene rings is 1. The van der Waals surface area contributed by atoms with Crippen LogP contribution in [0.4, 0.5) is 9.18 Å². The molecule has 0 unspecified atom stereocenters. The van der Waals surface area contributed by atoms with Crippen LogP contribution in [0.3, 0.4) is 0 Å². The third-order valence-corrected chi connectivity index (χ3v) is 6.40. The van der Waals surface area contributed by atoms with Crippen LogP contribution in [0.5, 0.6) is 5.75 Å². The van der Waals surface area contributed by atoms with Gasteiger partial charge in [-0.05, 0) is 70.1 Å². The zero-order valence-electron chi connectivity index (χ0n) is 20.0. The van der Waals surface area contributed by atoms with Crippen molar-refractivity contribution in [3.8, 4) is 5.75 Å². The summed E-state index contributed by atoms with van der Waals surface area (Å²) in [4.78, 5) is 46.0. The van der Waals surface area contributed by atoms with E-state index in [0.29, 0.717) is 18.4 Å². The number of aliphatic hydroxyl groups is 1. The van der Waals surface area contributed by atoms with Crippen LogP contribution in [0.2, 0.25) is 0 Å². The van der Waals surface area contributed by atoms with Crippen molar-refractivity contribution in [3.05, 3.63) is 57.5 Å². The monoisotopic (exact) mass is 490 g/mol. The number of carbonyl (C=O) groups excluding carboxylic acids is 1. The maximum atomic E-state index is 13.1. The van der Waals surface area contributed by atoms with Crippen molar-refractivity contribution in [1.82, 2.24) is 20.2 Å². The molecular formula is C24H31FN4O6. The summed E-state index contributed by atoms with van der Waals surface area (Å²) in [5.74, 6) is -2.22. The lowest BCUT2D eigenvalue weighted by molar-refractivity contribution is -0.0263. The fourth-order valence-electron chi connectivity index (χ4n) is 4.73. The second-order valence-corrected chi connectivity index (χ2v) is 9.87. The predicted octanol–water partition coefficient (Wildman–Crippen LogP) is 2.70. The molecule has 1 aromatic heterocycles. The molecule has 3 rings (SSSR count). The second-order valence-electron chi connectivity index (χ2n) is 9.87. The summed E-state index contributed by atoms with van der Waals surface area (Å²) in [6.45, 7) is 5.10. The molecule has 0 aliphatic heterocycles. The number of rotatable bonds is 6. The van der Waals surface area contributed by atoms with Crippen molar-refractivity contribution >= 4 is 12.0 Å². The molecule has 10 nitrogen and oxygen atoms in total. The Morgan fingerprint density at radius 2 is 1.83 bits per heavy atom. The fourth-order valence-corrected chi connectivity index (χ4v) is 4.73. The number of halogens is 1. The molecule has 0 atom stereocenters. The van der Waals surface area contributed by atoms with E-state index < -0.39 is 45.9 Å². The number of hydrogen-bond donors (Lipinski definition) is 5. The van der Waals surface area contributed by atoms with Crippen LogP contribution in [0.15, 0.2) is 29.1 Å². The van der Waals surface area contributed by atoms with Gasteiger partial charge < -0.3 is 25.6 Å². The highest BCUT2D eigenvalue weighted by Crippen LogP contribution is 2.45. The van der Waals surface area contributed by atoms with Gasteiger partial charge in [0.15, 0.2) is 5.69 Å². The van der Waals surface area contributed by atoms with Gasteiger partial charge in [0.1, 0.15) is 17.2 Å². The van der Waals surface area contributed by atoms with E-state index in [0.717, 1.165) is 0 Å². The molecule has 0 spiro atoms. The van der Waals surface area contributed by atoms with Crippen LogP contribution in [0, 0.1) is 11.7 Å². The molecule has 2 amide bonds. The average molecular weight is 491 g/mol. The van der Waals surface area contributed by atoms with Crippen LogP contribution >= 0.6 is 0 Å². The summed E-state index contributed by atoms with van der Waals surface area (Å²) < 4.78 is 13.1.